The molecule has 2 aromatic carbocycles. The smallest absolute Gasteiger partial charge is 0.471 e. The molecule has 0 radical (unpaired) electrons. The number of alkyl carbamates (subject to hydrolysis) is 1. The van der Waals surface area contributed by atoms with Gasteiger partial charge in [-0.15, -0.1) is 0 Å². The minimum Gasteiger partial charge on any atom is -0.494 e. The number of nitrogens with one attached hydrogen (secondary N) is 2. The molecule has 0 spiro atoms. The van der Waals surface area contributed by atoms with E-state index in [0.717, 1.165) is 5.56 Å². The molecule has 0 unspecified atom stereocenters. The highest BCUT2D eigenvalue weighted by Gasteiger charge is 2.42. The van der Waals surface area contributed by atoms with Gasteiger partial charge in [0.25, 0.3) is 0 Å². The molecule has 2 amide bonds. The molecule has 4 N–H and O–H groups in total. The van der Waals surface area contributed by atoms with Gasteiger partial charge in [-0.1, -0.05) is 42.5 Å². The Labute approximate surface area is 195 Å². The number of benzene rings is 2. The van der Waals surface area contributed by atoms with E-state index in [4.69, 9.17) is 20.6 Å². The summed E-state index contributed by atoms with van der Waals surface area (Å²) in [5, 5.41) is 9.86. The first-order valence-electron chi connectivity index (χ1n) is 10.5. The van der Waals surface area contributed by atoms with Crippen molar-refractivity contribution in [3.05, 3.63) is 65.7 Å². The lowest BCUT2D eigenvalue weighted by molar-refractivity contribution is -0.185. The summed E-state index contributed by atoms with van der Waals surface area (Å²) in [4.78, 5) is 24.4. The first-order valence-corrected chi connectivity index (χ1v) is 10.5. The van der Waals surface area contributed by atoms with E-state index in [0.29, 0.717) is 16.2 Å². The monoisotopic (exact) mass is 480 g/mol. The van der Waals surface area contributed by atoms with Crippen LogP contribution in [-0.4, -0.2) is 54.7 Å². The van der Waals surface area contributed by atoms with Gasteiger partial charge in [0, 0.05) is 24.7 Å². The molecule has 8 nitrogen and oxygen atoms in total. The summed E-state index contributed by atoms with van der Waals surface area (Å²) in [6.45, 7) is 0.912. The Morgan fingerprint density at radius 1 is 1.15 bits per heavy atom. The van der Waals surface area contributed by atoms with E-state index < -0.39 is 24.2 Å². The molecule has 0 aromatic heterocycles. The molecule has 1 atom stereocenters. The van der Waals surface area contributed by atoms with E-state index in [-0.39, 0.29) is 38.6 Å². The Morgan fingerprint density at radius 3 is 2.50 bits per heavy atom. The van der Waals surface area contributed by atoms with Crippen LogP contribution in [0.3, 0.4) is 0 Å². The highest BCUT2D eigenvalue weighted by molar-refractivity contribution is 5.95. The Bertz CT molecular complexity index is 970. The maximum Gasteiger partial charge on any atom is 0.471 e. The van der Waals surface area contributed by atoms with Gasteiger partial charge in [0.15, 0.2) is 0 Å². The van der Waals surface area contributed by atoms with Crippen molar-refractivity contribution in [3.63, 3.8) is 0 Å². The van der Waals surface area contributed by atoms with Crippen LogP contribution in [0.1, 0.15) is 24.5 Å². The summed E-state index contributed by atoms with van der Waals surface area (Å²) in [6.07, 6.45) is -5.74. The van der Waals surface area contributed by atoms with Crippen molar-refractivity contribution in [1.29, 1.82) is 5.41 Å². The molecule has 11 heteroatoms. The summed E-state index contributed by atoms with van der Waals surface area (Å²) in [5.41, 5.74) is 6.63. The van der Waals surface area contributed by atoms with Crippen LogP contribution in [-0.2, 0) is 16.1 Å². The number of hydrogen-bond donors (Lipinski definition) is 3. The number of halogens is 3. The topological polar surface area (TPSA) is 118 Å². The molecular formula is C23H27F3N4O4. The van der Waals surface area contributed by atoms with E-state index >= 15 is 0 Å². The minimum absolute atomic E-state index is 0.00670. The number of carbonyl (C=O) groups is 2. The highest BCUT2D eigenvalue weighted by Crippen LogP contribution is 2.19. The number of nitrogens with two attached hydrogens (primary N) is 1. The second kappa shape index (κ2) is 12.5. The van der Waals surface area contributed by atoms with E-state index in [1.165, 1.54) is 13.0 Å². The number of amidine groups is 1. The van der Waals surface area contributed by atoms with Crippen molar-refractivity contribution in [2.24, 2.45) is 5.73 Å². The van der Waals surface area contributed by atoms with Crippen LogP contribution in [0.4, 0.5) is 18.0 Å². The number of amides is 2. The van der Waals surface area contributed by atoms with E-state index in [2.05, 4.69) is 5.32 Å². The number of nitrogen functional groups attached to an aromatic ring is 1. The first kappa shape index (κ1) is 26.5. The SMILES string of the molecule is C[C@H](CN(CCCOc1cccc(C(=N)N)c1)C(=O)C(F)(F)F)NC(=O)OCc1ccccc1. The molecule has 0 aliphatic rings. The molecule has 0 bridgehead atoms. The third-order valence-electron chi connectivity index (χ3n) is 4.59. The maximum atomic E-state index is 13.0. The average Bonchev–Trinajstić information content (AvgIpc) is 2.79. The molecule has 0 saturated carbocycles. The molecule has 0 heterocycles. The van der Waals surface area contributed by atoms with Crippen LogP contribution in [0.5, 0.6) is 5.75 Å². The average molecular weight is 480 g/mol. The normalized spacial score (nSPS) is 11.9. The van der Waals surface area contributed by atoms with E-state index in [9.17, 15) is 22.8 Å². The number of ether oxygens (including phenoxy) is 2. The van der Waals surface area contributed by atoms with Gasteiger partial charge in [-0.2, -0.15) is 13.2 Å². The summed E-state index contributed by atoms with van der Waals surface area (Å²) >= 11 is 0. The molecule has 0 aliphatic heterocycles. The summed E-state index contributed by atoms with van der Waals surface area (Å²) in [5.74, 6) is -1.74. The predicted octanol–water partition coefficient (Wildman–Crippen LogP) is 3.45. The lowest BCUT2D eigenvalue weighted by atomic mass is 10.2. The third kappa shape index (κ3) is 9.00. The van der Waals surface area contributed by atoms with Crippen molar-refractivity contribution in [2.45, 2.75) is 32.2 Å². The van der Waals surface area contributed by atoms with Gasteiger partial charge in [0.05, 0.1) is 6.61 Å². The zero-order valence-electron chi connectivity index (χ0n) is 18.6. The Kier molecular flexibility index (Phi) is 9.72. The maximum absolute atomic E-state index is 13.0. The van der Waals surface area contributed by atoms with Crippen molar-refractivity contribution in [2.75, 3.05) is 19.7 Å². The zero-order chi connectivity index (χ0) is 25.1. The van der Waals surface area contributed by atoms with Crippen molar-refractivity contribution < 1.29 is 32.2 Å². The van der Waals surface area contributed by atoms with Crippen LogP contribution in [0, 0.1) is 5.41 Å². The van der Waals surface area contributed by atoms with Crippen molar-refractivity contribution >= 4 is 17.8 Å². The summed E-state index contributed by atoms with van der Waals surface area (Å²) in [7, 11) is 0. The second-order valence-electron chi connectivity index (χ2n) is 7.50. The van der Waals surface area contributed by atoms with Crippen LogP contribution >= 0.6 is 0 Å². The Hall–Kier alpha value is -3.76. The van der Waals surface area contributed by atoms with Gasteiger partial charge >= 0.3 is 18.2 Å². The second-order valence-corrected chi connectivity index (χ2v) is 7.50. The fourth-order valence-electron chi connectivity index (χ4n) is 3.00. The van der Waals surface area contributed by atoms with Gasteiger partial charge in [-0.05, 0) is 31.0 Å². The highest BCUT2D eigenvalue weighted by atomic mass is 19.4. The van der Waals surface area contributed by atoms with Gasteiger partial charge < -0.3 is 25.4 Å². The molecule has 0 aliphatic carbocycles. The fourth-order valence-corrected chi connectivity index (χ4v) is 3.00. The lowest BCUT2D eigenvalue weighted by Crippen LogP contribution is -2.49. The lowest BCUT2D eigenvalue weighted by Gasteiger charge is -2.27. The minimum atomic E-state index is -5.05. The third-order valence-corrected chi connectivity index (χ3v) is 4.59. The van der Waals surface area contributed by atoms with Gasteiger partial charge in [-0.25, -0.2) is 4.79 Å². The molecule has 184 valence electrons. The predicted molar refractivity (Wildman–Crippen MR) is 119 cm³/mol. The largest absolute Gasteiger partial charge is 0.494 e. The van der Waals surface area contributed by atoms with Gasteiger partial charge in [0.1, 0.15) is 18.2 Å². The van der Waals surface area contributed by atoms with Crippen molar-refractivity contribution in [3.8, 4) is 5.75 Å². The molecular weight excluding hydrogens is 453 g/mol. The molecule has 0 fully saturated rings. The Balaban J connectivity index is 1.86. The number of hydrogen-bond acceptors (Lipinski definition) is 5. The number of nitrogens with zero attached hydrogens (tertiary/aromatic N) is 1. The number of alkyl halides is 3. The standard InChI is InChI=1S/C23H27F3N4O4/c1-16(29-22(32)34-15-17-7-3-2-4-8-17)14-30(21(31)23(24,25)26)11-6-12-33-19-10-5-9-18(13-19)20(27)28/h2-5,7-10,13,16H,6,11-12,14-15H2,1H3,(H3,27,28)(H,29,32)/t16-/m1/s1. The van der Waals surface area contributed by atoms with Crippen LogP contribution in [0.15, 0.2) is 54.6 Å². The van der Waals surface area contributed by atoms with E-state index in [1.807, 2.05) is 6.07 Å². The van der Waals surface area contributed by atoms with Gasteiger partial charge in [-0.3, -0.25) is 10.2 Å². The zero-order valence-corrected chi connectivity index (χ0v) is 18.6. The molecule has 2 rings (SSSR count). The summed E-state index contributed by atoms with van der Waals surface area (Å²) < 4.78 is 49.7. The molecule has 34 heavy (non-hydrogen) atoms. The van der Waals surface area contributed by atoms with E-state index in [1.54, 1.807) is 42.5 Å². The summed E-state index contributed by atoms with van der Waals surface area (Å²) in [6, 6.07) is 14.5. The van der Waals surface area contributed by atoms with Crippen LogP contribution in [0.25, 0.3) is 0 Å². The first-order chi connectivity index (χ1) is 16.1. The fraction of sp³-hybridized carbons (Fsp3) is 0.348. The van der Waals surface area contributed by atoms with Crippen LogP contribution in [0.2, 0.25) is 0 Å². The van der Waals surface area contributed by atoms with Crippen LogP contribution < -0.4 is 15.8 Å². The number of carbonyl (C=O) groups excluding carboxylic acids is 2. The molecule has 0 saturated heterocycles. The Morgan fingerprint density at radius 2 is 1.85 bits per heavy atom. The van der Waals surface area contributed by atoms with Gasteiger partial charge in [0.2, 0.25) is 0 Å². The quantitative estimate of drug-likeness (QED) is 0.259. The molecule has 2 aromatic rings. The number of rotatable bonds is 11. The van der Waals surface area contributed by atoms with Crippen molar-refractivity contribution in [1.82, 2.24) is 10.2 Å².